The van der Waals surface area contributed by atoms with Gasteiger partial charge in [0.05, 0.1) is 13.2 Å². The highest BCUT2D eigenvalue weighted by Gasteiger charge is 2.24. The van der Waals surface area contributed by atoms with Gasteiger partial charge in [-0.25, -0.2) is 4.79 Å². The summed E-state index contributed by atoms with van der Waals surface area (Å²) >= 11 is 0. The van der Waals surface area contributed by atoms with E-state index in [1.54, 1.807) is 30.4 Å². The molecule has 5 nitrogen and oxygen atoms in total. The van der Waals surface area contributed by atoms with E-state index in [4.69, 9.17) is 9.47 Å². The molecule has 0 aromatic heterocycles. The maximum Gasteiger partial charge on any atom is 0.342 e. The molecule has 0 spiro atoms. The third kappa shape index (κ3) is 4.55. The van der Waals surface area contributed by atoms with Crippen molar-refractivity contribution in [3.8, 4) is 5.75 Å². The fourth-order valence-corrected chi connectivity index (χ4v) is 2.74. The highest BCUT2D eigenvalue weighted by molar-refractivity contribution is 5.95. The largest absolute Gasteiger partial charge is 0.496 e. The van der Waals surface area contributed by atoms with Crippen molar-refractivity contribution < 1.29 is 24.2 Å². The molecule has 5 heteroatoms. The van der Waals surface area contributed by atoms with Crippen molar-refractivity contribution in [1.82, 2.24) is 0 Å². The van der Waals surface area contributed by atoms with Gasteiger partial charge in [0.25, 0.3) is 0 Å². The number of benzene rings is 1. The Labute approximate surface area is 141 Å². The molecule has 0 unspecified atom stereocenters. The van der Waals surface area contributed by atoms with Gasteiger partial charge in [0.1, 0.15) is 17.4 Å². The van der Waals surface area contributed by atoms with Crippen LogP contribution in [0.2, 0.25) is 0 Å². The van der Waals surface area contributed by atoms with Crippen LogP contribution in [0.15, 0.2) is 43.0 Å². The summed E-state index contributed by atoms with van der Waals surface area (Å²) in [6, 6.07) is 5.28. The van der Waals surface area contributed by atoms with Crippen LogP contribution in [0.1, 0.15) is 35.2 Å². The quantitative estimate of drug-likeness (QED) is 0.681. The second-order valence-corrected chi connectivity index (χ2v) is 5.71. The standard InChI is InChI=1S/C19H22O5/c1-3-6-16-12-15(21)11-14(20)9-4-7-13-8-5-10-17(23-2)18(13)19(22)24-16/h3-5,8-10,15-16,21H,1,6-7,11-12H2,2H3/b9-4-/t15-,16+/m1/s1. The van der Waals surface area contributed by atoms with E-state index in [9.17, 15) is 14.7 Å². The number of ketones is 1. The summed E-state index contributed by atoms with van der Waals surface area (Å²) in [7, 11) is 1.49. The summed E-state index contributed by atoms with van der Waals surface area (Å²) in [5.41, 5.74) is 1.07. The molecule has 0 fully saturated rings. The summed E-state index contributed by atoms with van der Waals surface area (Å²) in [5, 5.41) is 10.0. The topological polar surface area (TPSA) is 72.8 Å². The van der Waals surface area contributed by atoms with Gasteiger partial charge in [-0.15, -0.1) is 6.58 Å². The molecule has 2 atom stereocenters. The molecule has 1 aliphatic rings. The Morgan fingerprint density at radius 1 is 1.42 bits per heavy atom. The second kappa shape index (κ2) is 8.45. The van der Waals surface area contributed by atoms with Crippen LogP contribution < -0.4 is 4.74 Å². The average molecular weight is 330 g/mol. The second-order valence-electron chi connectivity index (χ2n) is 5.71. The zero-order valence-electron chi connectivity index (χ0n) is 13.7. The summed E-state index contributed by atoms with van der Waals surface area (Å²) in [6.07, 6.45) is 4.34. The first-order chi connectivity index (χ1) is 11.5. The number of aliphatic hydroxyl groups is 1. The molecular formula is C19H22O5. The van der Waals surface area contributed by atoms with Gasteiger partial charge in [-0.2, -0.15) is 0 Å². The Hall–Kier alpha value is -2.40. The van der Waals surface area contributed by atoms with Gasteiger partial charge in [0, 0.05) is 19.3 Å². The number of ether oxygens (including phenoxy) is 2. The van der Waals surface area contributed by atoms with E-state index in [0.29, 0.717) is 24.2 Å². The van der Waals surface area contributed by atoms with Crippen LogP contribution in [0, 0.1) is 0 Å². The molecule has 1 heterocycles. The minimum Gasteiger partial charge on any atom is -0.496 e. The van der Waals surface area contributed by atoms with Crippen LogP contribution in [0.3, 0.4) is 0 Å². The molecule has 0 radical (unpaired) electrons. The number of cyclic esters (lactones) is 1. The maximum atomic E-state index is 12.6. The van der Waals surface area contributed by atoms with Crippen LogP contribution >= 0.6 is 0 Å². The lowest BCUT2D eigenvalue weighted by atomic mass is 10.00. The zero-order chi connectivity index (χ0) is 17.5. The molecule has 1 N–H and O–H groups in total. The summed E-state index contributed by atoms with van der Waals surface area (Å²) < 4.78 is 10.8. The molecule has 0 bridgehead atoms. The van der Waals surface area contributed by atoms with Gasteiger partial charge in [-0.3, -0.25) is 4.79 Å². The molecule has 0 amide bonds. The summed E-state index contributed by atoms with van der Waals surface area (Å²) in [4.78, 5) is 24.5. The average Bonchev–Trinajstić information content (AvgIpc) is 2.53. The molecule has 128 valence electrons. The van der Waals surface area contributed by atoms with E-state index in [1.807, 2.05) is 0 Å². The molecule has 0 aliphatic carbocycles. The van der Waals surface area contributed by atoms with Crippen molar-refractivity contribution >= 4 is 11.8 Å². The number of hydrogen-bond acceptors (Lipinski definition) is 5. The molecule has 24 heavy (non-hydrogen) atoms. The molecule has 0 saturated carbocycles. The predicted octanol–water partition coefficient (Wildman–Crippen LogP) is 2.62. The van der Waals surface area contributed by atoms with Crippen LogP contribution in [-0.4, -0.2) is 36.2 Å². The van der Waals surface area contributed by atoms with Crippen LogP contribution in [-0.2, 0) is 16.0 Å². The highest BCUT2D eigenvalue weighted by atomic mass is 16.5. The molecule has 0 saturated heterocycles. The summed E-state index contributed by atoms with van der Waals surface area (Å²) in [5.74, 6) is -0.231. The summed E-state index contributed by atoms with van der Waals surface area (Å²) in [6.45, 7) is 3.65. The number of esters is 1. The number of rotatable bonds is 3. The third-order valence-corrected chi connectivity index (χ3v) is 3.85. The Morgan fingerprint density at radius 3 is 2.92 bits per heavy atom. The Bertz CT molecular complexity index is 647. The van der Waals surface area contributed by atoms with Crippen molar-refractivity contribution in [2.24, 2.45) is 0 Å². The number of fused-ring (bicyclic) bond motifs is 1. The first-order valence-corrected chi connectivity index (χ1v) is 7.90. The van der Waals surface area contributed by atoms with E-state index in [0.717, 1.165) is 5.56 Å². The van der Waals surface area contributed by atoms with Gasteiger partial charge in [-0.1, -0.05) is 24.3 Å². The number of aliphatic hydroxyl groups excluding tert-OH is 1. The van der Waals surface area contributed by atoms with Gasteiger partial charge in [0.2, 0.25) is 0 Å². The van der Waals surface area contributed by atoms with E-state index >= 15 is 0 Å². The van der Waals surface area contributed by atoms with Gasteiger partial charge >= 0.3 is 5.97 Å². The smallest absolute Gasteiger partial charge is 0.342 e. The number of hydrogen-bond donors (Lipinski definition) is 1. The highest BCUT2D eigenvalue weighted by Crippen LogP contribution is 2.26. The number of methoxy groups -OCH3 is 1. The van der Waals surface area contributed by atoms with E-state index in [2.05, 4.69) is 6.58 Å². The third-order valence-electron chi connectivity index (χ3n) is 3.85. The molecule has 1 aromatic carbocycles. The lowest BCUT2D eigenvalue weighted by Gasteiger charge is -2.21. The molecular weight excluding hydrogens is 308 g/mol. The predicted molar refractivity (Wildman–Crippen MR) is 90.1 cm³/mol. The zero-order valence-corrected chi connectivity index (χ0v) is 13.7. The lowest BCUT2D eigenvalue weighted by Crippen LogP contribution is -2.26. The Balaban J connectivity index is 2.42. The van der Waals surface area contributed by atoms with Crippen molar-refractivity contribution in [3.05, 3.63) is 54.1 Å². The van der Waals surface area contributed by atoms with Crippen molar-refractivity contribution in [2.75, 3.05) is 7.11 Å². The monoisotopic (exact) mass is 330 g/mol. The maximum absolute atomic E-state index is 12.6. The molecule has 1 aromatic rings. The van der Waals surface area contributed by atoms with Crippen molar-refractivity contribution in [2.45, 2.75) is 37.9 Å². The van der Waals surface area contributed by atoms with Crippen molar-refractivity contribution in [3.63, 3.8) is 0 Å². The normalized spacial score (nSPS) is 23.2. The fourth-order valence-electron chi connectivity index (χ4n) is 2.74. The number of carbonyl (C=O) groups excluding carboxylic acids is 2. The van der Waals surface area contributed by atoms with E-state index in [1.165, 1.54) is 13.2 Å². The first-order valence-electron chi connectivity index (χ1n) is 7.90. The van der Waals surface area contributed by atoms with Crippen LogP contribution in [0.25, 0.3) is 0 Å². The van der Waals surface area contributed by atoms with Crippen LogP contribution in [0.5, 0.6) is 5.75 Å². The molecule has 1 aliphatic heterocycles. The Kier molecular flexibility index (Phi) is 6.32. The lowest BCUT2D eigenvalue weighted by molar-refractivity contribution is -0.116. The van der Waals surface area contributed by atoms with E-state index < -0.39 is 18.2 Å². The van der Waals surface area contributed by atoms with E-state index in [-0.39, 0.29) is 18.6 Å². The number of allylic oxidation sites excluding steroid dienone is 2. The SMILES string of the molecule is C=CC[C@H]1C[C@H](O)CC(=O)/C=C\Cc2cccc(OC)c2C(=O)O1. The Morgan fingerprint density at radius 2 is 2.21 bits per heavy atom. The molecule has 2 rings (SSSR count). The van der Waals surface area contributed by atoms with Crippen molar-refractivity contribution in [1.29, 1.82) is 0 Å². The minimum atomic E-state index is -0.864. The number of carbonyl (C=O) groups is 2. The minimum absolute atomic E-state index is 0.00661. The first kappa shape index (κ1) is 17.9. The van der Waals surface area contributed by atoms with Gasteiger partial charge in [0.15, 0.2) is 5.78 Å². The van der Waals surface area contributed by atoms with Gasteiger partial charge < -0.3 is 14.6 Å². The van der Waals surface area contributed by atoms with Gasteiger partial charge in [-0.05, 0) is 24.1 Å². The van der Waals surface area contributed by atoms with Crippen LogP contribution in [0.4, 0.5) is 0 Å². The fraction of sp³-hybridized carbons (Fsp3) is 0.368.